The molecule has 6 heteroatoms. The number of benzene rings is 1. The molecule has 0 aromatic heterocycles. The maximum absolute atomic E-state index is 12.6. The van der Waals surface area contributed by atoms with Gasteiger partial charge in [-0.25, -0.2) is 4.79 Å². The number of piperidine rings is 1. The van der Waals surface area contributed by atoms with E-state index in [1.165, 1.54) is 12.8 Å². The summed E-state index contributed by atoms with van der Waals surface area (Å²) < 4.78 is 5.84. The number of amides is 2. The number of likely N-dealkylation sites (tertiary alicyclic amines) is 1. The molecular formula is C21H32N4O2. The van der Waals surface area contributed by atoms with E-state index in [0.717, 1.165) is 56.4 Å². The Labute approximate surface area is 162 Å². The fourth-order valence-electron chi connectivity index (χ4n) is 4.42. The molecule has 1 aromatic carbocycles. The van der Waals surface area contributed by atoms with Gasteiger partial charge in [-0.05, 0) is 51.7 Å². The molecule has 27 heavy (non-hydrogen) atoms. The number of para-hydroxylation sites is 2. The van der Waals surface area contributed by atoms with Crippen LogP contribution in [0.3, 0.4) is 0 Å². The molecule has 4 rings (SSSR count). The van der Waals surface area contributed by atoms with Gasteiger partial charge in [0.05, 0.1) is 23.6 Å². The van der Waals surface area contributed by atoms with Crippen molar-refractivity contribution in [3.63, 3.8) is 0 Å². The van der Waals surface area contributed by atoms with Gasteiger partial charge in [0, 0.05) is 38.3 Å². The number of carbonyl (C=O) groups is 1. The molecule has 2 N–H and O–H groups in total. The number of nitrogens with zero attached hydrogens (tertiary/aromatic N) is 2. The number of hydrogen-bond acceptors (Lipinski definition) is 4. The summed E-state index contributed by atoms with van der Waals surface area (Å²) in [6, 6.07) is 9.06. The zero-order chi connectivity index (χ0) is 18.8. The van der Waals surface area contributed by atoms with Crippen LogP contribution in [-0.4, -0.2) is 61.4 Å². The lowest BCUT2D eigenvalue weighted by Crippen LogP contribution is -2.47. The first-order valence-electron chi connectivity index (χ1n) is 10.4. The third kappa shape index (κ3) is 4.74. The lowest BCUT2D eigenvalue weighted by atomic mass is 10.1. The smallest absolute Gasteiger partial charge is 0.319 e. The highest BCUT2D eigenvalue weighted by Gasteiger charge is 2.32. The van der Waals surface area contributed by atoms with Crippen LogP contribution in [-0.2, 0) is 4.74 Å². The minimum Gasteiger partial charge on any atom is -0.372 e. The van der Waals surface area contributed by atoms with E-state index in [0.29, 0.717) is 0 Å². The zero-order valence-electron chi connectivity index (χ0n) is 16.5. The van der Waals surface area contributed by atoms with Crippen molar-refractivity contribution in [1.29, 1.82) is 0 Å². The van der Waals surface area contributed by atoms with Crippen LogP contribution in [0, 0.1) is 0 Å². The number of carbonyl (C=O) groups excluding carboxylic acids is 1. The van der Waals surface area contributed by atoms with Gasteiger partial charge >= 0.3 is 6.03 Å². The molecule has 3 aliphatic rings. The first-order chi connectivity index (χ1) is 13.1. The van der Waals surface area contributed by atoms with Gasteiger partial charge in [-0.1, -0.05) is 12.1 Å². The number of nitrogens with one attached hydrogen (secondary N) is 2. The van der Waals surface area contributed by atoms with E-state index in [1.807, 2.05) is 18.2 Å². The second-order valence-electron chi connectivity index (χ2n) is 8.32. The molecule has 6 nitrogen and oxygen atoms in total. The van der Waals surface area contributed by atoms with Crippen molar-refractivity contribution in [2.45, 2.75) is 63.8 Å². The summed E-state index contributed by atoms with van der Waals surface area (Å²) in [6.07, 6.45) is 5.18. The van der Waals surface area contributed by atoms with Crippen LogP contribution in [0.15, 0.2) is 24.3 Å². The van der Waals surface area contributed by atoms with Crippen LogP contribution in [0.5, 0.6) is 0 Å². The molecule has 1 aliphatic carbocycles. The minimum atomic E-state index is -0.0957. The van der Waals surface area contributed by atoms with Crippen LogP contribution in [0.25, 0.3) is 0 Å². The number of rotatable bonds is 4. The van der Waals surface area contributed by atoms with Gasteiger partial charge in [0.15, 0.2) is 0 Å². The van der Waals surface area contributed by atoms with Gasteiger partial charge in [-0.15, -0.1) is 0 Å². The normalized spacial score (nSPS) is 27.4. The van der Waals surface area contributed by atoms with E-state index >= 15 is 0 Å². The summed E-state index contributed by atoms with van der Waals surface area (Å²) in [7, 11) is 0. The average molecular weight is 373 g/mol. The Balaban J connectivity index is 1.34. The molecule has 1 aromatic rings. The van der Waals surface area contributed by atoms with Gasteiger partial charge in [-0.3, -0.25) is 0 Å². The predicted octanol–water partition coefficient (Wildman–Crippen LogP) is 3.05. The van der Waals surface area contributed by atoms with Crippen molar-refractivity contribution >= 4 is 17.4 Å². The van der Waals surface area contributed by atoms with Gasteiger partial charge in [-0.2, -0.15) is 0 Å². The molecule has 0 spiro atoms. The SMILES string of the molecule is CC1CN(c2ccccc2NC(=O)NC2CCN(C3CC3)CC2)CC(C)O1. The Bertz CT molecular complexity index is 645. The molecule has 0 bridgehead atoms. The van der Waals surface area contributed by atoms with Crippen molar-refractivity contribution in [2.75, 3.05) is 36.4 Å². The second-order valence-corrected chi connectivity index (χ2v) is 8.32. The standard InChI is InChI=1S/C21H32N4O2/c1-15-13-25(14-16(2)27-15)20-6-4-3-5-19(20)23-21(26)22-17-9-11-24(12-10-17)18-7-8-18/h3-6,15-18H,7-14H2,1-2H3,(H2,22,23,26). The number of anilines is 2. The van der Waals surface area contributed by atoms with Crippen molar-refractivity contribution in [1.82, 2.24) is 10.2 Å². The third-order valence-corrected chi connectivity index (χ3v) is 5.84. The Morgan fingerprint density at radius 1 is 1.04 bits per heavy atom. The van der Waals surface area contributed by atoms with Crippen molar-refractivity contribution < 1.29 is 9.53 Å². The van der Waals surface area contributed by atoms with E-state index in [2.05, 4.69) is 40.3 Å². The lowest BCUT2D eigenvalue weighted by Gasteiger charge is -2.37. The Morgan fingerprint density at radius 3 is 2.37 bits per heavy atom. The quantitative estimate of drug-likeness (QED) is 0.853. The highest BCUT2D eigenvalue weighted by molar-refractivity contribution is 5.93. The molecule has 2 saturated heterocycles. The topological polar surface area (TPSA) is 56.8 Å². The molecule has 3 fully saturated rings. The van der Waals surface area contributed by atoms with Gasteiger partial charge in [0.1, 0.15) is 0 Å². The molecule has 0 radical (unpaired) electrons. The monoisotopic (exact) mass is 372 g/mol. The van der Waals surface area contributed by atoms with E-state index < -0.39 is 0 Å². The summed E-state index contributed by atoms with van der Waals surface area (Å²) >= 11 is 0. The summed E-state index contributed by atoms with van der Waals surface area (Å²) in [5.41, 5.74) is 1.94. The first kappa shape index (κ1) is 18.6. The maximum Gasteiger partial charge on any atom is 0.319 e. The molecule has 1 saturated carbocycles. The van der Waals surface area contributed by atoms with E-state index in [1.54, 1.807) is 0 Å². The lowest BCUT2D eigenvalue weighted by molar-refractivity contribution is -0.00517. The number of morpholine rings is 1. The number of urea groups is 1. The van der Waals surface area contributed by atoms with Crippen molar-refractivity contribution in [3.05, 3.63) is 24.3 Å². The molecule has 2 heterocycles. The fourth-order valence-corrected chi connectivity index (χ4v) is 4.42. The molecule has 2 unspecified atom stereocenters. The van der Waals surface area contributed by atoms with Gasteiger partial charge in [0.25, 0.3) is 0 Å². The summed E-state index contributed by atoms with van der Waals surface area (Å²) in [6.45, 7) is 8.08. The number of ether oxygens (including phenoxy) is 1. The number of hydrogen-bond donors (Lipinski definition) is 2. The van der Waals surface area contributed by atoms with Crippen molar-refractivity contribution in [2.24, 2.45) is 0 Å². The van der Waals surface area contributed by atoms with Crippen molar-refractivity contribution in [3.8, 4) is 0 Å². The second kappa shape index (κ2) is 8.07. The van der Waals surface area contributed by atoms with Crippen LogP contribution in [0.2, 0.25) is 0 Å². The molecule has 148 valence electrons. The fraction of sp³-hybridized carbons (Fsp3) is 0.667. The van der Waals surface area contributed by atoms with E-state index in [-0.39, 0.29) is 24.3 Å². The predicted molar refractivity (Wildman–Crippen MR) is 108 cm³/mol. The van der Waals surface area contributed by atoms with E-state index in [4.69, 9.17) is 4.74 Å². The van der Waals surface area contributed by atoms with Crippen LogP contribution in [0.4, 0.5) is 16.2 Å². The van der Waals surface area contributed by atoms with E-state index in [9.17, 15) is 4.79 Å². The first-order valence-corrected chi connectivity index (χ1v) is 10.4. The summed E-state index contributed by atoms with van der Waals surface area (Å²) in [5, 5.41) is 6.26. The molecule has 2 atom stereocenters. The maximum atomic E-state index is 12.6. The average Bonchev–Trinajstić information content (AvgIpc) is 3.47. The molecule has 2 amide bonds. The molecule has 2 aliphatic heterocycles. The molecular weight excluding hydrogens is 340 g/mol. The summed E-state index contributed by atoms with van der Waals surface area (Å²) in [5.74, 6) is 0. The van der Waals surface area contributed by atoms with Crippen LogP contribution in [0.1, 0.15) is 39.5 Å². The largest absolute Gasteiger partial charge is 0.372 e. The minimum absolute atomic E-state index is 0.0957. The zero-order valence-corrected chi connectivity index (χ0v) is 16.5. The van der Waals surface area contributed by atoms with Gasteiger partial charge in [0.2, 0.25) is 0 Å². The summed E-state index contributed by atoms with van der Waals surface area (Å²) in [4.78, 5) is 17.5. The highest BCUT2D eigenvalue weighted by Crippen LogP contribution is 2.30. The Hall–Kier alpha value is -1.79. The third-order valence-electron chi connectivity index (χ3n) is 5.84. The van der Waals surface area contributed by atoms with Gasteiger partial charge < -0.3 is 25.2 Å². The highest BCUT2D eigenvalue weighted by atomic mass is 16.5. The Kier molecular flexibility index (Phi) is 5.55. The Morgan fingerprint density at radius 2 is 1.70 bits per heavy atom. The van der Waals surface area contributed by atoms with Crippen LogP contribution < -0.4 is 15.5 Å². The van der Waals surface area contributed by atoms with Crippen LogP contribution >= 0.6 is 0 Å².